The highest BCUT2D eigenvalue weighted by Gasteiger charge is 1.93. The Kier molecular flexibility index (Phi) is 3.67. The van der Waals surface area contributed by atoms with Crippen LogP contribution in [0.1, 0.15) is 12.0 Å². The van der Waals surface area contributed by atoms with Gasteiger partial charge in [0.25, 0.3) is 0 Å². The zero-order valence-corrected chi connectivity index (χ0v) is 9.48. The first-order chi connectivity index (χ1) is 7.90. The fourth-order valence-corrected chi connectivity index (χ4v) is 1.64. The normalized spacial score (nSPS) is 11.3. The van der Waals surface area contributed by atoms with Crippen molar-refractivity contribution in [2.24, 2.45) is 0 Å². The van der Waals surface area contributed by atoms with E-state index in [1.807, 2.05) is 19.3 Å². The molecule has 0 saturated heterocycles. The van der Waals surface area contributed by atoms with Gasteiger partial charge < -0.3 is 5.32 Å². The molecule has 2 nitrogen and oxygen atoms in total. The highest BCUT2D eigenvalue weighted by Crippen LogP contribution is 2.14. The van der Waals surface area contributed by atoms with Crippen molar-refractivity contribution >= 4 is 17.0 Å². The fraction of sp³-hybridized carbons (Fsp3) is 0.214. The fourth-order valence-electron chi connectivity index (χ4n) is 1.64. The van der Waals surface area contributed by atoms with Gasteiger partial charge in [0.05, 0.1) is 5.52 Å². The SMILES string of the molecule is CNCCC=Cc1ccc2ncccc2c1. The average molecular weight is 212 g/mol. The zero-order chi connectivity index (χ0) is 11.2. The second-order valence-electron chi connectivity index (χ2n) is 3.75. The van der Waals surface area contributed by atoms with Crippen molar-refractivity contribution in [2.45, 2.75) is 6.42 Å². The summed E-state index contributed by atoms with van der Waals surface area (Å²) in [5.41, 5.74) is 2.28. The van der Waals surface area contributed by atoms with Crippen molar-refractivity contribution in [1.82, 2.24) is 10.3 Å². The van der Waals surface area contributed by atoms with Crippen LogP contribution in [0.2, 0.25) is 0 Å². The third kappa shape index (κ3) is 2.67. The second kappa shape index (κ2) is 5.42. The lowest BCUT2D eigenvalue weighted by Gasteiger charge is -1.98. The summed E-state index contributed by atoms with van der Waals surface area (Å²) in [7, 11) is 1.97. The Morgan fingerprint density at radius 2 is 2.25 bits per heavy atom. The third-order valence-electron chi connectivity index (χ3n) is 2.50. The van der Waals surface area contributed by atoms with Gasteiger partial charge in [0.1, 0.15) is 0 Å². The Balaban J connectivity index is 2.16. The Morgan fingerprint density at radius 3 is 3.12 bits per heavy atom. The minimum absolute atomic E-state index is 1.02. The van der Waals surface area contributed by atoms with Crippen LogP contribution in [-0.2, 0) is 0 Å². The van der Waals surface area contributed by atoms with Gasteiger partial charge in [0.15, 0.2) is 0 Å². The molecule has 0 unspecified atom stereocenters. The van der Waals surface area contributed by atoms with E-state index in [0.29, 0.717) is 0 Å². The molecule has 0 aliphatic heterocycles. The summed E-state index contributed by atoms with van der Waals surface area (Å²) < 4.78 is 0. The molecule has 0 saturated carbocycles. The lowest BCUT2D eigenvalue weighted by molar-refractivity contribution is 0.809. The first kappa shape index (κ1) is 10.8. The van der Waals surface area contributed by atoms with E-state index in [9.17, 15) is 0 Å². The van der Waals surface area contributed by atoms with Crippen LogP contribution in [-0.4, -0.2) is 18.6 Å². The highest BCUT2D eigenvalue weighted by molar-refractivity contribution is 5.80. The lowest BCUT2D eigenvalue weighted by Crippen LogP contribution is -2.05. The second-order valence-corrected chi connectivity index (χ2v) is 3.75. The predicted octanol–water partition coefficient (Wildman–Crippen LogP) is 2.86. The van der Waals surface area contributed by atoms with E-state index in [4.69, 9.17) is 0 Å². The molecule has 0 spiro atoms. The largest absolute Gasteiger partial charge is 0.319 e. The van der Waals surface area contributed by atoms with Crippen molar-refractivity contribution in [3.63, 3.8) is 0 Å². The van der Waals surface area contributed by atoms with Gasteiger partial charge in [-0.25, -0.2) is 0 Å². The van der Waals surface area contributed by atoms with Gasteiger partial charge in [-0.2, -0.15) is 0 Å². The van der Waals surface area contributed by atoms with Gasteiger partial charge in [-0.15, -0.1) is 0 Å². The Bertz CT molecular complexity index is 489. The Labute approximate surface area is 96.0 Å². The number of nitrogens with one attached hydrogen (secondary N) is 1. The number of hydrogen-bond donors (Lipinski definition) is 1. The number of fused-ring (bicyclic) bond motifs is 1. The molecule has 1 N–H and O–H groups in total. The molecule has 1 aromatic carbocycles. The molecule has 0 atom stereocenters. The maximum absolute atomic E-state index is 4.30. The quantitative estimate of drug-likeness (QED) is 0.788. The lowest BCUT2D eigenvalue weighted by atomic mass is 10.1. The molecule has 2 rings (SSSR count). The van der Waals surface area contributed by atoms with Crippen LogP contribution in [0.3, 0.4) is 0 Å². The summed E-state index contributed by atoms with van der Waals surface area (Å²) in [6.07, 6.45) is 7.23. The van der Waals surface area contributed by atoms with Gasteiger partial charge in [-0.3, -0.25) is 4.98 Å². The molecule has 2 aromatic rings. The zero-order valence-electron chi connectivity index (χ0n) is 9.48. The molecule has 0 fully saturated rings. The van der Waals surface area contributed by atoms with E-state index < -0.39 is 0 Å². The Hall–Kier alpha value is -1.67. The van der Waals surface area contributed by atoms with E-state index in [1.165, 1.54) is 10.9 Å². The van der Waals surface area contributed by atoms with Crippen molar-refractivity contribution in [3.05, 3.63) is 48.2 Å². The molecule has 0 bridgehead atoms. The molecule has 0 aliphatic carbocycles. The maximum Gasteiger partial charge on any atom is 0.0702 e. The molecule has 2 heteroatoms. The summed E-state index contributed by atoms with van der Waals surface area (Å²) >= 11 is 0. The van der Waals surface area contributed by atoms with Gasteiger partial charge in [0.2, 0.25) is 0 Å². The molecular weight excluding hydrogens is 196 g/mol. The van der Waals surface area contributed by atoms with Crippen LogP contribution >= 0.6 is 0 Å². The van der Waals surface area contributed by atoms with Crippen molar-refractivity contribution < 1.29 is 0 Å². The van der Waals surface area contributed by atoms with Crippen molar-refractivity contribution in [2.75, 3.05) is 13.6 Å². The van der Waals surface area contributed by atoms with E-state index in [0.717, 1.165) is 18.5 Å². The number of rotatable bonds is 4. The van der Waals surface area contributed by atoms with Gasteiger partial charge in [0, 0.05) is 11.6 Å². The van der Waals surface area contributed by atoms with Crippen LogP contribution in [0.25, 0.3) is 17.0 Å². The van der Waals surface area contributed by atoms with Crippen LogP contribution < -0.4 is 5.32 Å². The highest BCUT2D eigenvalue weighted by atomic mass is 14.8. The first-order valence-electron chi connectivity index (χ1n) is 5.56. The van der Waals surface area contributed by atoms with Crippen LogP contribution in [0, 0.1) is 0 Å². The molecule has 16 heavy (non-hydrogen) atoms. The molecule has 82 valence electrons. The summed E-state index contributed by atoms with van der Waals surface area (Å²) in [4.78, 5) is 4.30. The van der Waals surface area contributed by atoms with Gasteiger partial charge in [-0.1, -0.05) is 24.3 Å². The monoisotopic (exact) mass is 212 g/mol. The molecule has 1 aromatic heterocycles. The topological polar surface area (TPSA) is 24.9 Å². The van der Waals surface area contributed by atoms with E-state index in [-0.39, 0.29) is 0 Å². The van der Waals surface area contributed by atoms with Gasteiger partial charge >= 0.3 is 0 Å². The molecular formula is C14H16N2. The van der Waals surface area contributed by atoms with Crippen LogP contribution in [0.15, 0.2) is 42.6 Å². The molecule has 0 aliphatic rings. The first-order valence-corrected chi connectivity index (χ1v) is 5.56. The third-order valence-corrected chi connectivity index (χ3v) is 2.50. The number of aromatic nitrogens is 1. The maximum atomic E-state index is 4.30. The number of hydrogen-bond acceptors (Lipinski definition) is 2. The molecule has 1 heterocycles. The number of nitrogens with zero attached hydrogens (tertiary/aromatic N) is 1. The van der Waals surface area contributed by atoms with Crippen LogP contribution in [0.4, 0.5) is 0 Å². The summed E-state index contributed by atoms with van der Waals surface area (Å²) in [5.74, 6) is 0. The smallest absolute Gasteiger partial charge is 0.0702 e. The number of benzene rings is 1. The van der Waals surface area contributed by atoms with Crippen molar-refractivity contribution in [1.29, 1.82) is 0 Å². The van der Waals surface area contributed by atoms with Crippen LogP contribution in [0.5, 0.6) is 0 Å². The standard InChI is InChI=1S/C14H16N2/c1-15-9-3-2-5-12-7-8-14-13(11-12)6-4-10-16-14/h2,4-8,10-11,15H,3,9H2,1H3. The molecule has 0 amide bonds. The Morgan fingerprint density at radius 1 is 1.31 bits per heavy atom. The van der Waals surface area contributed by atoms with Gasteiger partial charge in [-0.05, 0) is 43.8 Å². The van der Waals surface area contributed by atoms with E-state index in [2.05, 4.69) is 46.7 Å². The average Bonchev–Trinajstić information content (AvgIpc) is 2.34. The summed E-state index contributed by atoms with van der Waals surface area (Å²) in [5, 5.41) is 4.32. The predicted molar refractivity (Wildman–Crippen MR) is 69.3 cm³/mol. The number of pyridine rings is 1. The minimum Gasteiger partial charge on any atom is -0.319 e. The van der Waals surface area contributed by atoms with E-state index >= 15 is 0 Å². The summed E-state index contributed by atoms with van der Waals surface area (Å²) in [6.45, 7) is 1.02. The van der Waals surface area contributed by atoms with E-state index in [1.54, 1.807) is 0 Å². The van der Waals surface area contributed by atoms with Crippen molar-refractivity contribution in [3.8, 4) is 0 Å². The minimum atomic E-state index is 1.02. The summed E-state index contributed by atoms with van der Waals surface area (Å²) in [6, 6.07) is 10.4. The molecule has 0 radical (unpaired) electrons.